The Hall–Kier alpha value is -4.09. The van der Waals surface area contributed by atoms with Crippen LogP contribution in [-0.4, -0.2) is 17.9 Å². The van der Waals surface area contributed by atoms with Crippen molar-refractivity contribution in [2.24, 2.45) is 0 Å². The van der Waals surface area contributed by atoms with Crippen LogP contribution < -0.4 is 10.2 Å². The van der Waals surface area contributed by atoms with Gasteiger partial charge in [-0.15, -0.1) is 0 Å². The largest absolute Gasteiger partial charge is 0.350 e. The molecule has 0 aliphatic carbocycles. The van der Waals surface area contributed by atoms with Gasteiger partial charge in [-0.05, 0) is 73.7 Å². The highest BCUT2D eigenvalue weighted by Gasteiger charge is 2.29. The van der Waals surface area contributed by atoms with Crippen LogP contribution in [0.5, 0.6) is 0 Å². The number of carbonyl (C=O) groups is 2. The normalized spacial score (nSPS) is 14.7. The van der Waals surface area contributed by atoms with E-state index in [-0.39, 0.29) is 17.9 Å². The van der Waals surface area contributed by atoms with Crippen LogP contribution in [0.4, 0.5) is 5.69 Å². The Morgan fingerprint density at radius 1 is 0.897 bits per heavy atom. The third kappa shape index (κ3) is 6.68. The molecule has 0 saturated carbocycles. The zero-order valence-corrected chi connectivity index (χ0v) is 23.1. The zero-order chi connectivity index (χ0) is 27.2. The van der Waals surface area contributed by atoms with Crippen LogP contribution in [0.15, 0.2) is 113 Å². The summed E-state index contributed by atoms with van der Waals surface area (Å²) in [4.78, 5) is 30.0. The van der Waals surface area contributed by atoms with E-state index in [1.807, 2.05) is 84.6 Å². The van der Waals surface area contributed by atoms with E-state index in [1.165, 1.54) is 22.9 Å². The monoisotopic (exact) mass is 532 g/mol. The van der Waals surface area contributed by atoms with E-state index in [2.05, 4.69) is 48.6 Å². The Morgan fingerprint density at radius 3 is 2.38 bits per heavy atom. The molecule has 196 valence electrons. The van der Waals surface area contributed by atoms with Gasteiger partial charge in [0.15, 0.2) is 0 Å². The molecule has 4 aromatic carbocycles. The van der Waals surface area contributed by atoms with Gasteiger partial charge in [-0.25, -0.2) is 0 Å². The minimum atomic E-state index is -0.0869. The molecule has 0 radical (unpaired) electrons. The van der Waals surface area contributed by atoms with Gasteiger partial charge >= 0.3 is 0 Å². The van der Waals surface area contributed by atoms with E-state index in [4.69, 9.17) is 0 Å². The maximum atomic E-state index is 13.6. The molecule has 5 rings (SSSR count). The number of rotatable bonds is 8. The zero-order valence-electron chi connectivity index (χ0n) is 22.3. The Balaban J connectivity index is 1.28. The standard InChI is InChI=1S/C34H32N2O2S/c1-24-9-8-12-28(21-24)23-36-30-13-6-7-14-31(30)39-32(34(36)38)22-27-17-19-29(20-18-27)33(37)35-25(2)15-16-26-10-4-3-5-11-26/h3-14,17-22,25H,15-16,23H2,1-2H3,(H,35,37). The van der Waals surface area contributed by atoms with Crippen molar-refractivity contribution >= 4 is 35.3 Å². The summed E-state index contributed by atoms with van der Waals surface area (Å²) in [6, 6.07) is 34.1. The minimum absolute atomic E-state index is 0.0192. The second-order valence-corrected chi connectivity index (χ2v) is 11.1. The summed E-state index contributed by atoms with van der Waals surface area (Å²) in [6.07, 6.45) is 3.71. The van der Waals surface area contributed by atoms with E-state index >= 15 is 0 Å². The number of benzene rings is 4. The first kappa shape index (κ1) is 26.5. The molecule has 5 heteroatoms. The minimum Gasteiger partial charge on any atom is -0.350 e. The molecule has 2 amide bonds. The summed E-state index contributed by atoms with van der Waals surface area (Å²) in [6.45, 7) is 4.61. The van der Waals surface area contributed by atoms with Crippen LogP contribution in [0.1, 0.15) is 46.0 Å². The van der Waals surface area contributed by atoms with Crippen molar-refractivity contribution in [1.29, 1.82) is 0 Å². The van der Waals surface area contributed by atoms with Crippen molar-refractivity contribution in [3.05, 3.63) is 136 Å². The van der Waals surface area contributed by atoms with Crippen LogP contribution in [0, 0.1) is 6.92 Å². The van der Waals surface area contributed by atoms with E-state index in [1.54, 1.807) is 0 Å². The first-order valence-electron chi connectivity index (χ1n) is 13.3. The molecule has 1 atom stereocenters. The lowest BCUT2D eigenvalue weighted by Gasteiger charge is -2.30. The SMILES string of the molecule is Cc1cccc(CN2C(=O)C(=Cc3ccc(C(=O)NC(C)CCc4ccccc4)cc3)Sc3ccccc32)c1. The molecule has 0 aromatic heterocycles. The van der Waals surface area contributed by atoms with Crippen molar-refractivity contribution in [3.63, 3.8) is 0 Å². The third-order valence-electron chi connectivity index (χ3n) is 6.81. The van der Waals surface area contributed by atoms with Crippen LogP contribution >= 0.6 is 11.8 Å². The first-order chi connectivity index (χ1) is 19.0. The second kappa shape index (κ2) is 12.2. The van der Waals surface area contributed by atoms with Gasteiger partial charge in [0.05, 0.1) is 17.1 Å². The summed E-state index contributed by atoms with van der Waals surface area (Å²) >= 11 is 1.49. The Kier molecular flexibility index (Phi) is 8.28. The third-order valence-corrected chi connectivity index (χ3v) is 7.89. The van der Waals surface area contributed by atoms with Crippen molar-refractivity contribution in [3.8, 4) is 0 Å². The van der Waals surface area contributed by atoms with Gasteiger partial charge < -0.3 is 10.2 Å². The smallest absolute Gasteiger partial charge is 0.265 e. The van der Waals surface area contributed by atoms with Gasteiger partial charge in [0.1, 0.15) is 0 Å². The predicted molar refractivity (Wildman–Crippen MR) is 161 cm³/mol. The van der Waals surface area contributed by atoms with Gasteiger partial charge in [-0.3, -0.25) is 9.59 Å². The summed E-state index contributed by atoms with van der Waals surface area (Å²) < 4.78 is 0. The van der Waals surface area contributed by atoms with E-state index in [0.717, 1.165) is 34.6 Å². The Bertz CT molecular complexity index is 1500. The molecule has 4 nitrogen and oxygen atoms in total. The van der Waals surface area contributed by atoms with E-state index < -0.39 is 0 Å². The van der Waals surface area contributed by atoms with Crippen LogP contribution in [-0.2, 0) is 17.8 Å². The fraction of sp³-hybridized carbons (Fsp3) is 0.176. The number of amides is 2. The summed E-state index contributed by atoms with van der Waals surface area (Å²) in [7, 11) is 0. The number of aryl methyl sites for hydroxylation is 2. The first-order valence-corrected chi connectivity index (χ1v) is 14.1. The van der Waals surface area contributed by atoms with Gasteiger partial charge in [-0.1, -0.05) is 96.2 Å². The predicted octanol–water partition coefficient (Wildman–Crippen LogP) is 7.43. The quantitative estimate of drug-likeness (QED) is 0.240. The number of fused-ring (bicyclic) bond motifs is 1. The lowest BCUT2D eigenvalue weighted by atomic mass is 10.1. The molecular formula is C34H32N2O2S. The summed E-state index contributed by atoms with van der Waals surface area (Å²) in [5.41, 5.74) is 5.96. The highest BCUT2D eigenvalue weighted by Crippen LogP contribution is 2.42. The summed E-state index contributed by atoms with van der Waals surface area (Å²) in [5, 5.41) is 3.10. The van der Waals surface area contributed by atoms with Crippen LogP contribution in [0.3, 0.4) is 0 Å². The topological polar surface area (TPSA) is 49.4 Å². The Labute approximate surface area is 234 Å². The molecule has 1 heterocycles. The molecule has 0 saturated heterocycles. The molecular weight excluding hydrogens is 500 g/mol. The maximum Gasteiger partial charge on any atom is 0.265 e. The number of thioether (sulfide) groups is 1. The van der Waals surface area contributed by atoms with E-state index in [0.29, 0.717) is 17.0 Å². The maximum absolute atomic E-state index is 13.6. The van der Waals surface area contributed by atoms with Crippen molar-refractivity contribution in [1.82, 2.24) is 5.32 Å². The number of para-hydroxylation sites is 1. The lowest BCUT2D eigenvalue weighted by molar-refractivity contribution is -0.114. The molecule has 0 fully saturated rings. The average Bonchev–Trinajstić information content (AvgIpc) is 2.95. The number of hydrogen-bond acceptors (Lipinski definition) is 3. The molecule has 1 aliphatic heterocycles. The number of nitrogens with zero attached hydrogens (tertiary/aromatic N) is 1. The van der Waals surface area contributed by atoms with Crippen molar-refractivity contribution in [2.45, 2.75) is 44.2 Å². The Morgan fingerprint density at radius 2 is 1.62 bits per heavy atom. The molecule has 0 spiro atoms. The number of carbonyl (C=O) groups excluding carboxylic acids is 2. The fourth-order valence-corrected chi connectivity index (χ4v) is 5.76. The van der Waals surface area contributed by atoms with Crippen LogP contribution in [0.2, 0.25) is 0 Å². The van der Waals surface area contributed by atoms with Crippen molar-refractivity contribution < 1.29 is 9.59 Å². The van der Waals surface area contributed by atoms with Gasteiger partial charge in [0.25, 0.3) is 11.8 Å². The van der Waals surface area contributed by atoms with Gasteiger partial charge in [0.2, 0.25) is 0 Å². The van der Waals surface area contributed by atoms with Crippen molar-refractivity contribution in [2.75, 3.05) is 4.90 Å². The lowest BCUT2D eigenvalue weighted by Crippen LogP contribution is -2.33. The molecule has 4 aromatic rings. The molecule has 1 unspecified atom stereocenters. The molecule has 1 aliphatic rings. The summed E-state index contributed by atoms with van der Waals surface area (Å²) in [5.74, 6) is -0.106. The fourth-order valence-electron chi connectivity index (χ4n) is 4.70. The number of anilines is 1. The van der Waals surface area contributed by atoms with Gasteiger partial charge in [0, 0.05) is 16.5 Å². The van der Waals surface area contributed by atoms with Gasteiger partial charge in [-0.2, -0.15) is 0 Å². The second-order valence-electron chi connectivity index (χ2n) is 9.98. The van der Waals surface area contributed by atoms with Crippen LogP contribution in [0.25, 0.3) is 6.08 Å². The molecule has 0 bridgehead atoms. The average molecular weight is 533 g/mol. The van der Waals surface area contributed by atoms with E-state index in [9.17, 15) is 9.59 Å². The highest BCUT2D eigenvalue weighted by molar-refractivity contribution is 8.04. The number of hydrogen-bond donors (Lipinski definition) is 1. The highest BCUT2D eigenvalue weighted by atomic mass is 32.2. The number of nitrogens with one attached hydrogen (secondary N) is 1. The molecule has 39 heavy (non-hydrogen) atoms. The molecule has 1 N–H and O–H groups in total.